The molecule has 0 atom stereocenters. The number of hydrogen-bond acceptors (Lipinski definition) is 4. The van der Waals surface area contributed by atoms with Crippen LogP contribution in [0.5, 0.6) is 11.5 Å². The average Bonchev–Trinajstić information content (AvgIpc) is 2.61. The van der Waals surface area contributed by atoms with E-state index in [4.69, 9.17) is 21.7 Å². The van der Waals surface area contributed by atoms with E-state index >= 15 is 0 Å². The quantitative estimate of drug-likeness (QED) is 0.359. The number of rotatable bonds is 7. The van der Waals surface area contributed by atoms with Gasteiger partial charge in [-0.15, -0.1) is 0 Å². The Labute approximate surface area is 186 Å². The summed E-state index contributed by atoms with van der Waals surface area (Å²) in [6.45, 7) is 14.3. The molecule has 0 aliphatic heterocycles. The van der Waals surface area contributed by atoms with Crippen molar-refractivity contribution in [2.75, 3.05) is 0 Å². The molecule has 0 radical (unpaired) electrons. The predicted molar refractivity (Wildman–Crippen MR) is 130 cm³/mol. The van der Waals surface area contributed by atoms with Gasteiger partial charge < -0.3 is 9.47 Å². The first kappa shape index (κ1) is 24.1. The molecular formula is C26H34O3S. The van der Waals surface area contributed by atoms with Gasteiger partial charge in [-0.05, 0) is 83.9 Å². The maximum atomic E-state index is 12.8. The second-order valence-corrected chi connectivity index (χ2v) is 10.00. The fraction of sp³-hybridized carbons (Fsp3) is 0.462. The van der Waals surface area contributed by atoms with Crippen molar-refractivity contribution in [3.05, 3.63) is 53.6 Å². The van der Waals surface area contributed by atoms with Crippen LogP contribution >= 0.6 is 12.2 Å². The topological polar surface area (TPSA) is 35.5 Å². The van der Waals surface area contributed by atoms with E-state index < -0.39 is 0 Å². The van der Waals surface area contributed by atoms with Crippen molar-refractivity contribution in [1.29, 1.82) is 0 Å². The Morgan fingerprint density at radius 1 is 1.03 bits per heavy atom. The van der Waals surface area contributed by atoms with Crippen LogP contribution in [0.25, 0.3) is 6.08 Å². The average molecular weight is 427 g/mol. The second-order valence-electron chi connectivity index (χ2n) is 9.53. The Kier molecular flexibility index (Phi) is 7.81. The van der Waals surface area contributed by atoms with Gasteiger partial charge in [-0.2, -0.15) is 0 Å². The molecule has 0 bridgehead atoms. The zero-order chi connectivity index (χ0) is 22.5. The SMILES string of the molecule is CCCc1ccc(OC(C)(C)C)c(/C=C/C(=O)C2C=CC(=S)C=C2)c1OC(C)(C)C. The van der Waals surface area contributed by atoms with Crippen LogP contribution in [-0.4, -0.2) is 21.8 Å². The van der Waals surface area contributed by atoms with Crippen molar-refractivity contribution in [3.8, 4) is 11.5 Å². The molecule has 0 N–H and O–H groups in total. The van der Waals surface area contributed by atoms with Crippen LogP contribution in [0.15, 0.2) is 42.5 Å². The molecule has 1 aromatic rings. The highest BCUT2D eigenvalue weighted by Gasteiger charge is 2.23. The van der Waals surface area contributed by atoms with Gasteiger partial charge in [0.25, 0.3) is 0 Å². The van der Waals surface area contributed by atoms with E-state index in [0.29, 0.717) is 5.75 Å². The van der Waals surface area contributed by atoms with Crippen LogP contribution in [0.3, 0.4) is 0 Å². The number of allylic oxidation sites excluding steroid dienone is 5. The number of carbonyl (C=O) groups excluding carboxylic acids is 1. The van der Waals surface area contributed by atoms with Crippen molar-refractivity contribution >= 4 is 28.9 Å². The summed E-state index contributed by atoms with van der Waals surface area (Å²) < 4.78 is 12.6. The van der Waals surface area contributed by atoms with Crippen molar-refractivity contribution in [1.82, 2.24) is 0 Å². The third-order valence-electron chi connectivity index (χ3n) is 4.26. The minimum Gasteiger partial charge on any atom is -0.487 e. The van der Waals surface area contributed by atoms with Crippen molar-refractivity contribution in [2.45, 2.75) is 72.5 Å². The molecule has 4 heteroatoms. The highest BCUT2D eigenvalue weighted by molar-refractivity contribution is 7.81. The number of ether oxygens (including phenoxy) is 2. The fourth-order valence-electron chi connectivity index (χ4n) is 3.08. The lowest BCUT2D eigenvalue weighted by Crippen LogP contribution is -2.26. The Balaban J connectivity index is 2.52. The summed E-state index contributed by atoms with van der Waals surface area (Å²) in [6, 6.07) is 4.05. The molecule has 0 spiro atoms. The lowest BCUT2D eigenvalue weighted by atomic mass is 9.96. The maximum absolute atomic E-state index is 12.8. The molecular weight excluding hydrogens is 392 g/mol. The van der Waals surface area contributed by atoms with Crippen LogP contribution in [0.2, 0.25) is 0 Å². The molecule has 0 heterocycles. The molecule has 0 saturated heterocycles. The summed E-state index contributed by atoms with van der Waals surface area (Å²) in [7, 11) is 0. The molecule has 0 fully saturated rings. The minimum atomic E-state index is -0.375. The molecule has 1 aliphatic carbocycles. The van der Waals surface area contributed by atoms with Gasteiger partial charge in [-0.3, -0.25) is 4.79 Å². The zero-order valence-corrected chi connectivity index (χ0v) is 20.1. The van der Waals surface area contributed by atoms with Crippen LogP contribution < -0.4 is 9.47 Å². The summed E-state index contributed by atoms with van der Waals surface area (Å²) >= 11 is 5.12. The van der Waals surface area contributed by atoms with Gasteiger partial charge in [-0.25, -0.2) is 0 Å². The monoisotopic (exact) mass is 426 g/mol. The number of ketones is 1. The van der Waals surface area contributed by atoms with Crippen LogP contribution in [0, 0.1) is 5.92 Å². The summed E-state index contributed by atoms with van der Waals surface area (Å²) in [4.78, 5) is 13.5. The molecule has 0 unspecified atom stereocenters. The minimum absolute atomic E-state index is 0.00527. The fourth-order valence-corrected chi connectivity index (χ4v) is 3.24. The number of benzene rings is 1. The standard InChI is InChI=1S/C26H34O3S/c1-8-9-19-12-17-23(28-25(2,3)4)21(24(19)29-26(5,6)7)15-16-22(27)18-10-13-20(30)14-11-18/h10-18H,8-9H2,1-7H3/b16-15+. The Morgan fingerprint density at radius 2 is 1.63 bits per heavy atom. The summed E-state index contributed by atoms with van der Waals surface area (Å²) in [5.41, 5.74) is 1.17. The molecule has 1 aliphatic rings. The van der Waals surface area contributed by atoms with E-state index in [1.165, 1.54) is 0 Å². The second kappa shape index (κ2) is 9.74. The lowest BCUT2D eigenvalue weighted by Gasteiger charge is -2.28. The zero-order valence-electron chi connectivity index (χ0n) is 19.2. The van der Waals surface area contributed by atoms with Gasteiger partial charge in [-0.1, -0.05) is 43.8 Å². The van der Waals surface area contributed by atoms with Crippen molar-refractivity contribution in [3.63, 3.8) is 0 Å². The molecule has 30 heavy (non-hydrogen) atoms. The first-order chi connectivity index (χ1) is 13.9. The molecule has 0 aromatic heterocycles. The largest absolute Gasteiger partial charge is 0.487 e. The van der Waals surface area contributed by atoms with Gasteiger partial charge in [0.1, 0.15) is 22.7 Å². The Bertz CT molecular complexity index is 861. The Morgan fingerprint density at radius 3 is 2.17 bits per heavy atom. The van der Waals surface area contributed by atoms with E-state index in [1.54, 1.807) is 18.2 Å². The van der Waals surface area contributed by atoms with Gasteiger partial charge in [0.05, 0.1) is 11.5 Å². The van der Waals surface area contributed by atoms with E-state index in [1.807, 2.05) is 65.8 Å². The van der Waals surface area contributed by atoms with Gasteiger partial charge >= 0.3 is 0 Å². The Hall–Kier alpha value is -2.20. The first-order valence-corrected chi connectivity index (χ1v) is 11.0. The number of hydrogen-bond donors (Lipinski definition) is 0. The van der Waals surface area contributed by atoms with Crippen LogP contribution in [-0.2, 0) is 11.2 Å². The number of aryl methyl sites for hydroxylation is 1. The van der Waals surface area contributed by atoms with Gasteiger partial charge in [0.15, 0.2) is 5.78 Å². The number of carbonyl (C=O) groups is 1. The molecule has 2 rings (SSSR count). The maximum Gasteiger partial charge on any atom is 0.166 e. The lowest BCUT2D eigenvalue weighted by molar-refractivity contribution is -0.115. The summed E-state index contributed by atoms with van der Waals surface area (Å²) in [5, 5.41) is 0. The van der Waals surface area contributed by atoms with E-state index in [9.17, 15) is 4.79 Å². The number of thiocarbonyl (C=S) groups is 1. The van der Waals surface area contributed by atoms with Crippen LogP contribution in [0.4, 0.5) is 0 Å². The third kappa shape index (κ3) is 7.24. The molecule has 0 saturated carbocycles. The molecule has 0 amide bonds. The first-order valence-electron chi connectivity index (χ1n) is 10.6. The van der Waals surface area contributed by atoms with Crippen molar-refractivity contribution in [2.24, 2.45) is 5.92 Å². The molecule has 162 valence electrons. The highest BCUT2D eigenvalue weighted by Crippen LogP contribution is 2.38. The summed E-state index contributed by atoms with van der Waals surface area (Å²) in [5.74, 6) is 1.19. The van der Waals surface area contributed by atoms with E-state index in [-0.39, 0.29) is 22.9 Å². The van der Waals surface area contributed by atoms with Gasteiger partial charge in [0, 0.05) is 4.86 Å². The third-order valence-corrected chi connectivity index (χ3v) is 4.53. The molecule has 3 nitrogen and oxygen atoms in total. The van der Waals surface area contributed by atoms with E-state index in [0.717, 1.165) is 34.6 Å². The normalized spacial score (nSPS) is 15.1. The van der Waals surface area contributed by atoms with Gasteiger partial charge in [0.2, 0.25) is 0 Å². The predicted octanol–water partition coefficient (Wildman–Crippen LogP) is 6.69. The molecule has 1 aromatic carbocycles. The van der Waals surface area contributed by atoms with E-state index in [2.05, 4.69) is 13.0 Å². The smallest absolute Gasteiger partial charge is 0.166 e. The summed E-state index contributed by atoms with van der Waals surface area (Å²) in [6.07, 6.45) is 12.6. The van der Waals surface area contributed by atoms with Crippen LogP contribution in [0.1, 0.15) is 66.0 Å². The highest BCUT2D eigenvalue weighted by atomic mass is 32.1. The van der Waals surface area contributed by atoms with Crippen molar-refractivity contribution < 1.29 is 14.3 Å².